The average molecular weight is 308 g/mol. The van der Waals surface area contributed by atoms with E-state index in [0.717, 1.165) is 6.07 Å². The van der Waals surface area contributed by atoms with Gasteiger partial charge in [0.2, 0.25) is 5.91 Å². The van der Waals surface area contributed by atoms with Gasteiger partial charge in [0.15, 0.2) is 0 Å². The number of likely N-dealkylation sites (tertiary alicyclic amines) is 1. The molecule has 0 bridgehead atoms. The molecular weight excluding hydrogens is 288 g/mol. The molecule has 0 aromatic heterocycles. The lowest BCUT2D eigenvalue weighted by molar-refractivity contribution is -0.136. The second kappa shape index (κ2) is 7.13. The normalized spacial score (nSPS) is 15.6. The summed E-state index contributed by atoms with van der Waals surface area (Å²) in [5.74, 6) is -0.728. The van der Waals surface area contributed by atoms with Crippen LogP contribution in [0.3, 0.4) is 0 Å². The van der Waals surface area contributed by atoms with Crippen molar-refractivity contribution in [1.29, 1.82) is 0 Å². The van der Waals surface area contributed by atoms with Crippen LogP contribution in [-0.4, -0.2) is 59.8 Å². The van der Waals surface area contributed by atoms with E-state index in [9.17, 15) is 19.8 Å². The van der Waals surface area contributed by atoms with E-state index in [-0.39, 0.29) is 41.5 Å². The number of hydrogen-bond donors (Lipinski definition) is 3. The zero-order valence-corrected chi connectivity index (χ0v) is 12.4. The highest BCUT2D eigenvalue weighted by Crippen LogP contribution is 2.21. The van der Waals surface area contributed by atoms with Crippen LogP contribution in [0.15, 0.2) is 18.2 Å². The molecule has 1 heterocycles. The van der Waals surface area contributed by atoms with E-state index in [1.807, 2.05) is 0 Å². The molecule has 0 unspecified atom stereocenters. The number of nitrogens with zero attached hydrogens (tertiary/aromatic N) is 1. The molecule has 1 aliphatic rings. The first-order valence-electron chi connectivity index (χ1n) is 7.10. The van der Waals surface area contributed by atoms with Gasteiger partial charge in [-0.25, -0.2) is 0 Å². The number of ether oxygens (including phenoxy) is 1. The van der Waals surface area contributed by atoms with Crippen molar-refractivity contribution in [3.8, 4) is 11.5 Å². The van der Waals surface area contributed by atoms with Gasteiger partial charge in [-0.15, -0.1) is 0 Å². The molecule has 1 aliphatic heterocycles. The van der Waals surface area contributed by atoms with Crippen molar-refractivity contribution in [3.63, 3.8) is 0 Å². The zero-order chi connectivity index (χ0) is 16.1. The van der Waals surface area contributed by atoms with Crippen LogP contribution in [0.4, 0.5) is 0 Å². The van der Waals surface area contributed by atoms with Crippen LogP contribution >= 0.6 is 0 Å². The third-order valence-corrected chi connectivity index (χ3v) is 3.62. The molecular formula is C15H20N2O5. The van der Waals surface area contributed by atoms with Gasteiger partial charge in [-0.3, -0.25) is 9.59 Å². The summed E-state index contributed by atoms with van der Waals surface area (Å²) in [6.45, 7) is 1.20. The number of phenols is 2. The molecule has 2 amide bonds. The quantitative estimate of drug-likeness (QED) is 0.751. The van der Waals surface area contributed by atoms with Crippen molar-refractivity contribution in [1.82, 2.24) is 10.2 Å². The molecule has 7 heteroatoms. The van der Waals surface area contributed by atoms with Crippen molar-refractivity contribution >= 4 is 11.8 Å². The molecule has 1 saturated heterocycles. The minimum Gasteiger partial charge on any atom is -0.508 e. The molecule has 0 atom stereocenters. The number of aromatic hydroxyl groups is 2. The largest absolute Gasteiger partial charge is 0.508 e. The van der Waals surface area contributed by atoms with E-state index in [0.29, 0.717) is 25.9 Å². The van der Waals surface area contributed by atoms with Crippen molar-refractivity contribution in [3.05, 3.63) is 23.8 Å². The van der Waals surface area contributed by atoms with Crippen LogP contribution in [0.1, 0.15) is 23.2 Å². The Morgan fingerprint density at radius 2 is 1.82 bits per heavy atom. The van der Waals surface area contributed by atoms with Gasteiger partial charge in [0.1, 0.15) is 18.1 Å². The molecule has 22 heavy (non-hydrogen) atoms. The maximum absolute atomic E-state index is 12.1. The second-order valence-corrected chi connectivity index (χ2v) is 5.30. The van der Waals surface area contributed by atoms with Crippen LogP contribution < -0.4 is 5.32 Å². The van der Waals surface area contributed by atoms with E-state index < -0.39 is 0 Å². The fourth-order valence-corrected chi connectivity index (χ4v) is 2.48. The predicted octanol–water partition coefficient (Wildman–Crippen LogP) is 0.465. The summed E-state index contributed by atoms with van der Waals surface area (Å²) in [7, 11) is 1.48. The number of amides is 2. The number of hydrogen-bond acceptors (Lipinski definition) is 5. The highest BCUT2D eigenvalue weighted by molar-refractivity contribution is 5.95. The summed E-state index contributed by atoms with van der Waals surface area (Å²) in [5.41, 5.74) is 0.204. The minimum absolute atomic E-state index is 0.0383. The van der Waals surface area contributed by atoms with E-state index in [2.05, 4.69) is 5.32 Å². The molecule has 1 aromatic rings. The number of methoxy groups -OCH3 is 1. The van der Waals surface area contributed by atoms with Crippen molar-refractivity contribution in [2.75, 3.05) is 26.8 Å². The fourth-order valence-electron chi connectivity index (χ4n) is 2.48. The van der Waals surface area contributed by atoms with E-state index in [4.69, 9.17) is 4.74 Å². The highest BCUT2D eigenvalue weighted by atomic mass is 16.5. The second-order valence-electron chi connectivity index (χ2n) is 5.30. The number of rotatable bonds is 4. The SMILES string of the molecule is COCC(=O)N1CCC(NC(=O)c2cc(O)cc(O)c2)CC1. The molecule has 1 aromatic carbocycles. The Balaban J connectivity index is 1.88. The summed E-state index contributed by atoms with van der Waals surface area (Å²) >= 11 is 0. The van der Waals surface area contributed by atoms with Gasteiger partial charge in [-0.05, 0) is 25.0 Å². The molecule has 0 radical (unpaired) electrons. The monoisotopic (exact) mass is 308 g/mol. The van der Waals surface area contributed by atoms with Crippen molar-refractivity contribution in [2.45, 2.75) is 18.9 Å². The van der Waals surface area contributed by atoms with Crippen molar-refractivity contribution in [2.24, 2.45) is 0 Å². The van der Waals surface area contributed by atoms with E-state index in [1.165, 1.54) is 19.2 Å². The fraction of sp³-hybridized carbons (Fsp3) is 0.467. The van der Waals surface area contributed by atoms with Crippen LogP contribution in [-0.2, 0) is 9.53 Å². The Labute approximate surface area is 128 Å². The Morgan fingerprint density at radius 1 is 1.23 bits per heavy atom. The Morgan fingerprint density at radius 3 is 2.36 bits per heavy atom. The first kappa shape index (κ1) is 16.1. The van der Waals surface area contributed by atoms with Gasteiger partial charge >= 0.3 is 0 Å². The first-order chi connectivity index (χ1) is 10.5. The summed E-state index contributed by atoms with van der Waals surface area (Å²) in [6.07, 6.45) is 1.32. The van der Waals surface area contributed by atoms with Crippen molar-refractivity contribution < 1.29 is 24.5 Å². The number of nitrogens with one attached hydrogen (secondary N) is 1. The van der Waals surface area contributed by atoms with Gasteiger partial charge in [0.25, 0.3) is 5.91 Å². The number of piperidine rings is 1. The maximum atomic E-state index is 12.1. The molecule has 0 aliphatic carbocycles. The minimum atomic E-state index is -0.354. The predicted molar refractivity (Wildman–Crippen MR) is 78.7 cm³/mol. The Hall–Kier alpha value is -2.28. The average Bonchev–Trinajstić information content (AvgIpc) is 2.47. The topological polar surface area (TPSA) is 99.1 Å². The standard InChI is InChI=1S/C15H20N2O5/c1-22-9-14(20)17-4-2-11(3-5-17)16-15(21)10-6-12(18)8-13(19)7-10/h6-8,11,18-19H,2-5,9H2,1H3,(H,16,21). The van der Waals surface area contributed by atoms with Gasteiger partial charge in [0.05, 0.1) is 0 Å². The van der Waals surface area contributed by atoms with Gasteiger partial charge in [-0.2, -0.15) is 0 Å². The molecule has 0 saturated carbocycles. The number of phenolic OH excluding ortho intramolecular Hbond substituents is 2. The van der Waals surface area contributed by atoms with Crippen LogP contribution in [0.25, 0.3) is 0 Å². The molecule has 7 nitrogen and oxygen atoms in total. The molecule has 120 valence electrons. The van der Waals surface area contributed by atoms with Crippen LogP contribution in [0, 0.1) is 0 Å². The lowest BCUT2D eigenvalue weighted by Crippen LogP contribution is -2.47. The summed E-state index contributed by atoms with van der Waals surface area (Å²) in [5, 5.41) is 21.6. The molecule has 3 N–H and O–H groups in total. The lowest BCUT2D eigenvalue weighted by atomic mass is 10.0. The third-order valence-electron chi connectivity index (χ3n) is 3.62. The smallest absolute Gasteiger partial charge is 0.251 e. The highest BCUT2D eigenvalue weighted by Gasteiger charge is 2.24. The summed E-state index contributed by atoms with van der Waals surface area (Å²) < 4.78 is 4.82. The van der Waals surface area contributed by atoms with Crippen LogP contribution in [0.2, 0.25) is 0 Å². The van der Waals surface area contributed by atoms with Crippen LogP contribution in [0.5, 0.6) is 11.5 Å². The molecule has 2 rings (SSSR count). The summed E-state index contributed by atoms with van der Waals surface area (Å²) in [6, 6.07) is 3.72. The van der Waals surface area contributed by atoms with Gasteiger partial charge < -0.3 is 25.2 Å². The first-order valence-corrected chi connectivity index (χ1v) is 7.10. The molecule has 0 spiro atoms. The number of carbonyl (C=O) groups excluding carboxylic acids is 2. The molecule has 1 fully saturated rings. The van der Waals surface area contributed by atoms with E-state index in [1.54, 1.807) is 4.90 Å². The third kappa shape index (κ3) is 4.11. The Kier molecular flexibility index (Phi) is 5.21. The number of carbonyl (C=O) groups is 2. The van der Waals surface area contributed by atoms with Gasteiger partial charge in [0, 0.05) is 37.9 Å². The zero-order valence-electron chi connectivity index (χ0n) is 12.4. The number of benzene rings is 1. The van der Waals surface area contributed by atoms with E-state index >= 15 is 0 Å². The Bertz CT molecular complexity index is 533. The van der Waals surface area contributed by atoms with Gasteiger partial charge in [-0.1, -0.05) is 0 Å². The lowest BCUT2D eigenvalue weighted by Gasteiger charge is -2.32. The maximum Gasteiger partial charge on any atom is 0.251 e. The summed E-state index contributed by atoms with van der Waals surface area (Å²) in [4.78, 5) is 25.5.